The summed E-state index contributed by atoms with van der Waals surface area (Å²) in [7, 11) is 0. The summed E-state index contributed by atoms with van der Waals surface area (Å²) in [6.45, 7) is 3.83. The normalized spacial score (nSPS) is 28.1. The minimum absolute atomic E-state index is 0.257. The van der Waals surface area contributed by atoms with E-state index in [0.717, 1.165) is 5.92 Å². The minimum Gasteiger partial charge on any atom is -0.308 e. The Balaban J connectivity index is 2.13. The first-order chi connectivity index (χ1) is 7.87. The van der Waals surface area contributed by atoms with E-state index < -0.39 is 12.7 Å². The molecular formula is C12H22F3NS. The van der Waals surface area contributed by atoms with Crippen LogP contribution >= 0.6 is 11.8 Å². The minimum atomic E-state index is -4.09. The van der Waals surface area contributed by atoms with Gasteiger partial charge >= 0.3 is 6.18 Å². The average molecular weight is 269 g/mol. The molecule has 1 nitrogen and oxygen atoms in total. The predicted molar refractivity (Wildman–Crippen MR) is 67.4 cm³/mol. The summed E-state index contributed by atoms with van der Waals surface area (Å²) in [4.78, 5) is 0. The molecule has 0 aromatic rings. The third-order valence-corrected chi connectivity index (χ3v) is 4.51. The summed E-state index contributed by atoms with van der Waals surface area (Å²) in [6.07, 6.45) is 0.913. The third-order valence-electron chi connectivity index (χ3n) is 3.07. The van der Waals surface area contributed by atoms with Crippen molar-refractivity contribution in [3.63, 3.8) is 0 Å². The molecule has 0 aliphatic heterocycles. The quantitative estimate of drug-likeness (QED) is 0.814. The summed E-state index contributed by atoms with van der Waals surface area (Å²) in [6, 6.07) is 0. The van der Waals surface area contributed by atoms with E-state index >= 15 is 0 Å². The fourth-order valence-corrected chi connectivity index (χ4v) is 3.91. The van der Waals surface area contributed by atoms with Gasteiger partial charge in [-0.2, -0.15) is 24.9 Å². The van der Waals surface area contributed by atoms with E-state index in [2.05, 4.69) is 12.2 Å². The lowest BCUT2D eigenvalue weighted by molar-refractivity contribution is -0.124. The summed E-state index contributed by atoms with van der Waals surface area (Å²) in [5, 5.41) is 3.38. The van der Waals surface area contributed by atoms with E-state index in [1.54, 1.807) is 0 Å². The molecule has 0 saturated heterocycles. The van der Waals surface area contributed by atoms with Gasteiger partial charge in [0, 0.05) is 17.0 Å². The number of thioether (sulfide) groups is 1. The van der Waals surface area contributed by atoms with Gasteiger partial charge in [0.2, 0.25) is 0 Å². The number of alkyl halides is 3. The second-order valence-corrected chi connectivity index (χ2v) is 6.83. The maximum Gasteiger partial charge on any atom is 0.401 e. The van der Waals surface area contributed by atoms with Crippen LogP contribution in [-0.4, -0.2) is 29.8 Å². The van der Waals surface area contributed by atoms with Gasteiger partial charge < -0.3 is 5.32 Å². The fourth-order valence-electron chi connectivity index (χ4n) is 2.30. The van der Waals surface area contributed by atoms with Gasteiger partial charge in [0.25, 0.3) is 0 Å². The topological polar surface area (TPSA) is 12.0 Å². The third kappa shape index (κ3) is 7.19. The SMILES string of the molecule is CC1CCCC(SC(C)CNCC(F)(F)F)C1. The predicted octanol–water partition coefficient (Wildman–Crippen LogP) is 3.84. The van der Waals surface area contributed by atoms with Gasteiger partial charge in [-0.15, -0.1) is 0 Å². The summed E-state index contributed by atoms with van der Waals surface area (Å²) in [5.74, 6) is 0.775. The maximum absolute atomic E-state index is 11.9. The molecule has 1 aliphatic carbocycles. The molecule has 0 aromatic carbocycles. The van der Waals surface area contributed by atoms with Crippen molar-refractivity contribution in [2.75, 3.05) is 13.1 Å². The van der Waals surface area contributed by atoms with Crippen LogP contribution in [0.2, 0.25) is 0 Å². The Kier molecular flexibility index (Phi) is 6.13. The van der Waals surface area contributed by atoms with E-state index in [4.69, 9.17) is 0 Å². The van der Waals surface area contributed by atoms with E-state index in [9.17, 15) is 13.2 Å². The number of hydrogen-bond donors (Lipinski definition) is 1. The van der Waals surface area contributed by atoms with Crippen LogP contribution in [0, 0.1) is 5.92 Å². The summed E-state index contributed by atoms with van der Waals surface area (Å²) < 4.78 is 35.8. The molecule has 1 rings (SSSR count). The lowest BCUT2D eigenvalue weighted by atomic mass is 9.91. The van der Waals surface area contributed by atoms with E-state index in [1.807, 2.05) is 18.7 Å². The van der Waals surface area contributed by atoms with Crippen LogP contribution in [0.25, 0.3) is 0 Å². The summed E-state index contributed by atoms with van der Waals surface area (Å²) >= 11 is 1.84. The van der Waals surface area contributed by atoms with Gasteiger partial charge in [-0.05, 0) is 18.8 Å². The molecule has 0 aromatic heterocycles. The van der Waals surface area contributed by atoms with Gasteiger partial charge in [0.05, 0.1) is 6.54 Å². The van der Waals surface area contributed by atoms with Crippen LogP contribution in [-0.2, 0) is 0 Å². The molecule has 17 heavy (non-hydrogen) atoms. The zero-order valence-electron chi connectivity index (χ0n) is 10.5. The lowest BCUT2D eigenvalue weighted by Gasteiger charge is -2.28. The molecule has 1 aliphatic rings. The van der Waals surface area contributed by atoms with Crippen LogP contribution in [0.3, 0.4) is 0 Å². The van der Waals surface area contributed by atoms with Crippen molar-refractivity contribution in [2.24, 2.45) is 5.92 Å². The average Bonchev–Trinajstić information content (AvgIpc) is 2.15. The first kappa shape index (κ1) is 15.2. The molecule has 0 amide bonds. The van der Waals surface area contributed by atoms with Crippen molar-refractivity contribution in [1.29, 1.82) is 0 Å². The first-order valence-electron chi connectivity index (χ1n) is 6.29. The highest BCUT2D eigenvalue weighted by Crippen LogP contribution is 2.33. The molecule has 3 unspecified atom stereocenters. The largest absolute Gasteiger partial charge is 0.401 e. The highest BCUT2D eigenvalue weighted by atomic mass is 32.2. The van der Waals surface area contributed by atoms with Crippen molar-refractivity contribution in [1.82, 2.24) is 5.32 Å². The molecule has 1 saturated carbocycles. The van der Waals surface area contributed by atoms with E-state index in [-0.39, 0.29) is 5.25 Å². The molecule has 1 fully saturated rings. The second kappa shape index (κ2) is 6.88. The van der Waals surface area contributed by atoms with E-state index in [1.165, 1.54) is 25.7 Å². The Bertz CT molecular complexity index is 220. The highest BCUT2D eigenvalue weighted by Gasteiger charge is 2.27. The monoisotopic (exact) mass is 269 g/mol. The molecular weight excluding hydrogens is 247 g/mol. The van der Waals surface area contributed by atoms with Crippen molar-refractivity contribution in [3.8, 4) is 0 Å². The molecule has 0 radical (unpaired) electrons. The number of halogens is 3. The Morgan fingerprint density at radius 1 is 1.35 bits per heavy atom. The Labute approximate surface area is 106 Å². The standard InChI is InChI=1S/C12H22F3NS/c1-9-4-3-5-11(6-9)17-10(2)7-16-8-12(13,14)15/h9-11,16H,3-8H2,1-2H3. The molecule has 5 heteroatoms. The molecule has 102 valence electrons. The van der Waals surface area contributed by atoms with Crippen LogP contribution in [0.15, 0.2) is 0 Å². The smallest absolute Gasteiger partial charge is 0.308 e. The lowest BCUT2D eigenvalue weighted by Crippen LogP contribution is -2.33. The fraction of sp³-hybridized carbons (Fsp3) is 1.00. The highest BCUT2D eigenvalue weighted by molar-refractivity contribution is 8.00. The molecule has 3 atom stereocenters. The van der Waals surface area contributed by atoms with Crippen molar-refractivity contribution < 1.29 is 13.2 Å². The zero-order chi connectivity index (χ0) is 12.9. The zero-order valence-corrected chi connectivity index (χ0v) is 11.3. The maximum atomic E-state index is 11.9. The van der Waals surface area contributed by atoms with Crippen LogP contribution in [0.1, 0.15) is 39.5 Å². The van der Waals surface area contributed by atoms with E-state index in [0.29, 0.717) is 11.8 Å². The van der Waals surface area contributed by atoms with Crippen molar-refractivity contribution in [3.05, 3.63) is 0 Å². The summed E-state index contributed by atoms with van der Waals surface area (Å²) in [5.41, 5.74) is 0. The Hall–Kier alpha value is 0.100. The van der Waals surface area contributed by atoms with Gasteiger partial charge in [-0.1, -0.05) is 26.7 Å². The van der Waals surface area contributed by atoms with Gasteiger partial charge in [0.15, 0.2) is 0 Å². The van der Waals surface area contributed by atoms with Gasteiger partial charge in [-0.25, -0.2) is 0 Å². The van der Waals surface area contributed by atoms with Gasteiger partial charge in [0.1, 0.15) is 0 Å². The Morgan fingerprint density at radius 3 is 2.65 bits per heavy atom. The molecule has 1 N–H and O–H groups in total. The van der Waals surface area contributed by atoms with Crippen LogP contribution in [0.5, 0.6) is 0 Å². The molecule has 0 heterocycles. The van der Waals surface area contributed by atoms with Gasteiger partial charge in [-0.3, -0.25) is 0 Å². The first-order valence-corrected chi connectivity index (χ1v) is 7.24. The van der Waals surface area contributed by atoms with Crippen LogP contribution < -0.4 is 5.32 Å². The molecule has 0 bridgehead atoms. The number of nitrogens with one attached hydrogen (secondary N) is 1. The number of rotatable bonds is 5. The number of hydrogen-bond acceptors (Lipinski definition) is 2. The molecule has 0 spiro atoms. The van der Waals surface area contributed by atoms with Crippen molar-refractivity contribution >= 4 is 11.8 Å². The second-order valence-electron chi connectivity index (χ2n) is 5.09. The van der Waals surface area contributed by atoms with Crippen molar-refractivity contribution in [2.45, 2.75) is 56.2 Å². The Morgan fingerprint density at radius 2 is 2.06 bits per heavy atom. The van der Waals surface area contributed by atoms with Crippen LogP contribution in [0.4, 0.5) is 13.2 Å².